The van der Waals surface area contributed by atoms with Gasteiger partial charge in [-0.3, -0.25) is 4.79 Å². The van der Waals surface area contributed by atoms with Crippen molar-refractivity contribution in [3.8, 4) is 17.0 Å². The number of amides is 1. The first-order valence-corrected chi connectivity index (χ1v) is 10.7. The average Bonchev–Trinajstić information content (AvgIpc) is 3.46. The van der Waals surface area contributed by atoms with Gasteiger partial charge in [-0.15, -0.1) is 0 Å². The molecule has 28 heavy (non-hydrogen) atoms. The Hall–Kier alpha value is -2.43. The van der Waals surface area contributed by atoms with Crippen LogP contribution in [0.3, 0.4) is 0 Å². The minimum atomic E-state index is 0.228. The van der Waals surface area contributed by atoms with E-state index in [1.54, 1.807) is 12.1 Å². The first-order chi connectivity index (χ1) is 13.7. The van der Waals surface area contributed by atoms with Crippen molar-refractivity contribution in [2.45, 2.75) is 57.3 Å². The number of benzene rings is 1. The Morgan fingerprint density at radius 1 is 0.964 bits per heavy atom. The number of rotatable bonds is 3. The fourth-order valence-corrected chi connectivity index (χ4v) is 4.65. The van der Waals surface area contributed by atoms with E-state index in [1.807, 2.05) is 12.1 Å². The van der Waals surface area contributed by atoms with Crippen LogP contribution in [0.2, 0.25) is 0 Å². The van der Waals surface area contributed by atoms with Crippen LogP contribution >= 0.6 is 0 Å². The number of hydrogen-bond donors (Lipinski definition) is 1. The number of phenolic OH excluding ortho intramolecular Hbond substituents is 1. The number of carbonyl (C=O) groups is 1. The van der Waals surface area contributed by atoms with Gasteiger partial charge in [0.2, 0.25) is 5.91 Å². The molecule has 5 rings (SSSR count). The van der Waals surface area contributed by atoms with E-state index in [0.29, 0.717) is 11.8 Å². The number of nitrogens with zero attached hydrogens (tertiary/aromatic N) is 3. The Labute approximate surface area is 165 Å². The first kappa shape index (κ1) is 17.7. The van der Waals surface area contributed by atoms with Crippen molar-refractivity contribution >= 4 is 5.91 Å². The van der Waals surface area contributed by atoms with E-state index in [2.05, 4.69) is 4.90 Å². The van der Waals surface area contributed by atoms with Crippen LogP contribution in [-0.2, 0) is 17.6 Å². The maximum atomic E-state index is 12.9. The van der Waals surface area contributed by atoms with Crippen molar-refractivity contribution < 1.29 is 9.90 Å². The Morgan fingerprint density at radius 2 is 1.68 bits per heavy atom. The maximum Gasteiger partial charge on any atom is 0.225 e. The lowest BCUT2D eigenvalue weighted by atomic mass is 10.0. The van der Waals surface area contributed by atoms with Crippen molar-refractivity contribution in [1.82, 2.24) is 14.9 Å². The summed E-state index contributed by atoms with van der Waals surface area (Å²) in [5.41, 5.74) is 4.30. The highest BCUT2D eigenvalue weighted by Gasteiger charge is 2.32. The predicted octanol–water partition coefficient (Wildman–Crippen LogP) is 3.84. The second kappa shape index (κ2) is 7.19. The molecule has 2 aliphatic carbocycles. The highest BCUT2D eigenvalue weighted by molar-refractivity contribution is 5.79. The molecule has 1 N–H and O–H groups in total. The third kappa shape index (κ3) is 3.38. The molecule has 0 bridgehead atoms. The molecule has 0 unspecified atom stereocenters. The Kier molecular flexibility index (Phi) is 4.53. The third-order valence-corrected chi connectivity index (χ3v) is 6.46. The van der Waals surface area contributed by atoms with Gasteiger partial charge in [-0.05, 0) is 56.4 Å². The summed E-state index contributed by atoms with van der Waals surface area (Å²) in [4.78, 5) is 24.9. The first-order valence-electron chi connectivity index (χ1n) is 10.7. The van der Waals surface area contributed by atoms with Crippen molar-refractivity contribution in [1.29, 1.82) is 0 Å². The Balaban J connectivity index is 1.47. The molecule has 2 saturated carbocycles. The zero-order valence-corrected chi connectivity index (χ0v) is 16.2. The number of carbonyl (C=O) groups excluding carboxylic acids is 1. The van der Waals surface area contributed by atoms with Crippen molar-refractivity contribution in [2.75, 3.05) is 13.1 Å². The highest BCUT2D eigenvalue weighted by atomic mass is 16.3. The Morgan fingerprint density at radius 3 is 2.39 bits per heavy atom. The van der Waals surface area contributed by atoms with Gasteiger partial charge >= 0.3 is 0 Å². The normalized spacial score (nSPS) is 20.1. The number of phenols is 1. The summed E-state index contributed by atoms with van der Waals surface area (Å²) < 4.78 is 0. The summed E-state index contributed by atoms with van der Waals surface area (Å²) in [7, 11) is 0. The maximum absolute atomic E-state index is 12.9. The zero-order valence-electron chi connectivity index (χ0n) is 16.2. The second-order valence-corrected chi connectivity index (χ2v) is 8.48. The van der Waals surface area contributed by atoms with E-state index in [9.17, 15) is 9.90 Å². The molecule has 0 atom stereocenters. The average molecular weight is 377 g/mol. The minimum absolute atomic E-state index is 0.228. The summed E-state index contributed by atoms with van der Waals surface area (Å²) in [5, 5.41) is 9.66. The van der Waals surface area contributed by atoms with E-state index in [4.69, 9.17) is 9.97 Å². The summed E-state index contributed by atoms with van der Waals surface area (Å²) in [5.74, 6) is 2.27. The van der Waals surface area contributed by atoms with E-state index >= 15 is 0 Å². The van der Waals surface area contributed by atoms with Crippen molar-refractivity contribution in [3.63, 3.8) is 0 Å². The summed E-state index contributed by atoms with van der Waals surface area (Å²) in [6.45, 7) is 1.51. The molecule has 2 heterocycles. The van der Waals surface area contributed by atoms with Crippen LogP contribution in [0.1, 0.15) is 61.5 Å². The van der Waals surface area contributed by atoms with Gasteiger partial charge in [0.15, 0.2) is 0 Å². The van der Waals surface area contributed by atoms with Gasteiger partial charge < -0.3 is 10.0 Å². The molecule has 0 spiro atoms. The van der Waals surface area contributed by atoms with E-state index in [0.717, 1.165) is 61.5 Å². The molecule has 1 aliphatic heterocycles. The molecule has 1 aromatic heterocycles. The van der Waals surface area contributed by atoms with E-state index < -0.39 is 0 Å². The second-order valence-electron chi connectivity index (χ2n) is 8.48. The predicted molar refractivity (Wildman–Crippen MR) is 107 cm³/mol. The molecule has 0 radical (unpaired) electrons. The lowest BCUT2D eigenvalue weighted by molar-refractivity contribution is -0.135. The molecular weight excluding hydrogens is 350 g/mol. The molecule has 2 aromatic rings. The van der Waals surface area contributed by atoms with Crippen LogP contribution < -0.4 is 0 Å². The number of fused-ring (bicyclic) bond motifs is 1. The van der Waals surface area contributed by atoms with Crippen LogP contribution in [0.5, 0.6) is 5.75 Å². The summed E-state index contributed by atoms with van der Waals surface area (Å²) >= 11 is 0. The van der Waals surface area contributed by atoms with Crippen molar-refractivity contribution in [3.05, 3.63) is 41.3 Å². The molecule has 0 saturated heterocycles. The SMILES string of the molecule is O=C(C1CCCC1)N1CCc2nc(C3CC3)nc(-c3ccc(O)cc3)c2CC1. The third-order valence-electron chi connectivity index (χ3n) is 6.46. The summed E-state index contributed by atoms with van der Waals surface area (Å²) in [6.07, 6.45) is 8.41. The molecule has 5 nitrogen and oxygen atoms in total. The molecule has 1 aromatic carbocycles. The number of hydrogen-bond acceptors (Lipinski definition) is 4. The smallest absolute Gasteiger partial charge is 0.225 e. The van der Waals surface area contributed by atoms with Crippen molar-refractivity contribution in [2.24, 2.45) is 5.92 Å². The quantitative estimate of drug-likeness (QED) is 0.882. The van der Waals surface area contributed by atoms with Crippen LogP contribution in [0, 0.1) is 5.92 Å². The monoisotopic (exact) mass is 377 g/mol. The van der Waals surface area contributed by atoms with Crippen LogP contribution in [0.4, 0.5) is 0 Å². The van der Waals surface area contributed by atoms with Gasteiger partial charge in [0.05, 0.1) is 5.69 Å². The van der Waals surface area contributed by atoms with Gasteiger partial charge in [-0.25, -0.2) is 9.97 Å². The molecule has 1 amide bonds. The number of aromatic nitrogens is 2. The van der Waals surface area contributed by atoms with Gasteiger partial charge in [0.25, 0.3) is 0 Å². The minimum Gasteiger partial charge on any atom is -0.508 e. The molecule has 2 fully saturated rings. The fourth-order valence-electron chi connectivity index (χ4n) is 4.65. The fraction of sp³-hybridized carbons (Fsp3) is 0.522. The van der Waals surface area contributed by atoms with Crippen LogP contribution in [-0.4, -0.2) is 39.0 Å². The molecule has 146 valence electrons. The van der Waals surface area contributed by atoms with Gasteiger partial charge in [-0.2, -0.15) is 0 Å². The van der Waals surface area contributed by atoms with Crippen LogP contribution in [0.25, 0.3) is 11.3 Å². The topological polar surface area (TPSA) is 66.3 Å². The Bertz CT molecular complexity index is 883. The molecule has 3 aliphatic rings. The molecular formula is C23H27N3O2. The summed E-state index contributed by atoms with van der Waals surface area (Å²) in [6, 6.07) is 7.29. The van der Waals surface area contributed by atoms with Crippen LogP contribution in [0.15, 0.2) is 24.3 Å². The number of aromatic hydroxyl groups is 1. The largest absolute Gasteiger partial charge is 0.508 e. The van der Waals surface area contributed by atoms with Gasteiger partial charge in [-0.1, -0.05) is 12.8 Å². The van der Waals surface area contributed by atoms with E-state index in [-0.39, 0.29) is 11.7 Å². The lowest BCUT2D eigenvalue weighted by Gasteiger charge is -2.23. The van der Waals surface area contributed by atoms with Gasteiger partial charge in [0, 0.05) is 48.2 Å². The highest BCUT2D eigenvalue weighted by Crippen LogP contribution is 2.40. The van der Waals surface area contributed by atoms with E-state index in [1.165, 1.54) is 31.2 Å². The molecule has 5 heteroatoms. The zero-order chi connectivity index (χ0) is 19.1. The standard InChI is InChI=1S/C23H27N3O2/c27-18-9-7-15(8-10-18)21-19-11-13-26(23(28)17-3-1-2-4-17)14-12-20(19)24-22(25-21)16-5-6-16/h7-10,16-17,27H,1-6,11-14H2. The lowest BCUT2D eigenvalue weighted by Crippen LogP contribution is -2.37. The van der Waals surface area contributed by atoms with Gasteiger partial charge in [0.1, 0.15) is 11.6 Å².